The molecule has 1 aromatic heterocycles. The van der Waals surface area contributed by atoms with Gasteiger partial charge in [-0.3, -0.25) is 0 Å². The second-order valence-corrected chi connectivity index (χ2v) is 5.32. The number of oxime groups is 1. The molecule has 1 heterocycles. The van der Waals surface area contributed by atoms with Gasteiger partial charge in [0, 0.05) is 5.33 Å². The Morgan fingerprint density at radius 2 is 2.28 bits per heavy atom. The Hall–Kier alpha value is -0.590. The van der Waals surface area contributed by atoms with Crippen molar-refractivity contribution < 1.29 is 26.9 Å². The van der Waals surface area contributed by atoms with E-state index in [0.29, 0.717) is 13.3 Å². The molecule has 104 valence electrons. The van der Waals surface area contributed by atoms with Gasteiger partial charge in [0.15, 0.2) is 12.9 Å². The van der Waals surface area contributed by atoms with E-state index in [0.717, 1.165) is 11.2 Å². The van der Waals surface area contributed by atoms with Gasteiger partial charge in [-0.05, 0) is 5.41 Å². The summed E-state index contributed by atoms with van der Waals surface area (Å²) in [6.45, 7) is 5.37. The van der Waals surface area contributed by atoms with Crippen molar-refractivity contribution in [2.75, 3.05) is 11.9 Å². The summed E-state index contributed by atoms with van der Waals surface area (Å²) in [7, 11) is 1.88. The molecule has 7 heteroatoms. The van der Waals surface area contributed by atoms with Crippen LogP contribution in [0.5, 0.6) is 0 Å². The summed E-state index contributed by atoms with van der Waals surface area (Å²) >= 11 is 3.46. The Morgan fingerprint density at radius 1 is 1.61 bits per heavy atom. The van der Waals surface area contributed by atoms with Crippen molar-refractivity contribution in [3.8, 4) is 0 Å². The van der Waals surface area contributed by atoms with Crippen LogP contribution in [0.25, 0.3) is 0 Å². The maximum Gasteiger partial charge on any atom is 0.305 e. The molecule has 0 saturated heterocycles. The Labute approximate surface area is 122 Å². The standard InChI is InChI=1S/C11H18BrN3O2.ClH/c1-11(2,7-12)8-17-9-15-5-4-14(3)10(15)6-13-16;/h4-6H,7-9H2,1-3H3;1H. The average Bonchev–Trinajstić information content (AvgIpc) is 2.62. The van der Waals surface area contributed by atoms with E-state index in [4.69, 9.17) is 9.94 Å². The van der Waals surface area contributed by atoms with Crippen molar-refractivity contribution >= 4 is 22.1 Å². The lowest BCUT2D eigenvalue weighted by atomic mass is 9.99. The Kier molecular flexibility index (Phi) is 7.51. The Morgan fingerprint density at radius 3 is 2.83 bits per heavy atom. The molecule has 0 unspecified atom stereocenters. The van der Waals surface area contributed by atoms with Crippen molar-refractivity contribution in [1.29, 1.82) is 0 Å². The van der Waals surface area contributed by atoms with Gasteiger partial charge in [-0.2, -0.15) is 0 Å². The molecule has 0 atom stereocenters. The van der Waals surface area contributed by atoms with Crippen LogP contribution in [0, 0.1) is 5.41 Å². The molecule has 0 saturated carbocycles. The SMILES string of the molecule is C[n+]1ccn(COCC(C)(C)CBr)c1/C=N/O.[Cl-]. The first-order chi connectivity index (χ1) is 8.00. The van der Waals surface area contributed by atoms with E-state index >= 15 is 0 Å². The largest absolute Gasteiger partial charge is 1.00 e. The molecule has 18 heavy (non-hydrogen) atoms. The number of aryl methyl sites for hydroxylation is 1. The van der Waals surface area contributed by atoms with Gasteiger partial charge >= 0.3 is 5.82 Å². The van der Waals surface area contributed by atoms with Crippen LogP contribution in [-0.4, -0.2) is 27.9 Å². The smallest absolute Gasteiger partial charge is 0.305 e. The quantitative estimate of drug-likeness (QED) is 0.226. The van der Waals surface area contributed by atoms with Crippen LogP contribution in [0.4, 0.5) is 0 Å². The molecule has 5 nitrogen and oxygen atoms in total. The van der Waals surface area contributed by atoms with E-state index < -0.39 is 0 Å². The van der Waals surface area contributed by atoms with Crippen LogP contribution in [0.1, 0.15) is 19.7 Å². The van der Waals surface area contributed by atoms with Gasteiger partial charge in [0.2, 0.25) is 0 Å². The minimum Gasteiger partial charge on any atom is -1.00 e. The first-order valence-electron chi connectivity index (χ1n) is 5.36. The fraction of sp³-hybridized carbons (Fsp3) is 0.636. The van der Waals surface area contributed by atoms with E-state index in [1.54, 1.807) is 0 Å². The minimum absolute atomic E-state index is 0. The lowest BCUT2D eigenvalue weighted by molar-refractivity contribution is -0.672. The molecule has 0 aliphatic rings. The molecular weight excluding hydrogens is 321 g/mol. The van der Waals surface area contributed by atoms with Gasteiger partial charge in [-0.1, -0.05) is 34.9 Å². The van der Waals surface area contributed by atoms with E-state index in [9.17, 15) is 0 Å². The molecule has 1 aromatic rings. The summed E-state index contributed by atoms with van der Waals surface area (Å²) < 4.78 is 9.39. The highest BCUT2D eigenvalue weighted by Crippen LogP contribution is 2.18. The first kappa shape index (κ1) is 17.4. The molecule has 0 fully saturated rings. The maximum atomic E-state index is 8.58. The highest BCUT2D eigenvalue weighted by molar-refractivity contribution is 9.09. The summed E-state index contributed by atoms with van der Waals surface area (Å²) in [4.78, 5) is 0. The molecule has 0 spiro atoms. The second-order valence-electron chi connectivity index (χ2n) is 4.76. The minimum atomic E-state index is 0. The monoisotopic (exact) mass is 339 g/mol. The molecular formula is C11H19BrClN3O2. The number of imidazole rings is 1. The van der Waals surface area contributed by atoms with E-state index in [2.05, 4.69) is 34.9 Å². The number of rotatable bonds is 6. The molecule has 0 radical (unpaired) electrons. The topological polar surface area (TPSA) is 50.6 Å². The van der Waals surface area contributed by atoms with Crippen LogP contribution in [-0.2, 0) is 18.5 Å². The van der Waals surface area contributed by atoms with Crippen molar-refractivity contribution in [1.82, 2.24) is 4.57 Å². The second kappa shape index (κ2) is 7.76. The highest BCUT2D eigenvalue weighted by atomic mass is 79.9. The van der Waals surface area contributed by atoms with E-state index in [-0.39, 0.29) is 17.8 Å². The summed E-state index contributed by atoms with van der Waals surface area (Å²) in [6, 6.07) is 0. The number of ether oxygens (including phenoxy) is 1. The fourth-order valence-corrected chi connectivity index (χ4v) is 1.48. The van der Waals surface area contributed by atoms with Crippen molar-refractivity contribution in [3.05, 3.63) is 18.2 Å². The van der Waals surface area contributed by atoms with Gasteiger partial charge in [0.25, 0.3) is 0 Å². The molecule has 0 bridgehead atoms. The summed E-state index contributed by atoms with van der Waals surface area (Å²) in [5.41, 5.74) is 0.112. The number of halogens is 2. The normalized spacial score (nSPS) is 11.8. The van der Waals surface area contributed by atoms with Gasteiger partial charge < -0.3 is 22.4 Å². The van der Waals surface area contributed by atoms with Gasteiger partial charge in [0.05, 0.1) is 13.7 Å². The molecule has 1 N–H and O–H groups in total. The zero-order chi connectivity index (χ0) is 12.9. The van der Waals surface area contributed by atoms with Crippen molar-refractivity contribution in [3.63, 3.8) is 0 Å². The fourth-order valence-electron chi connectivity index (χ4n) is 1.32. The number of alkyl halides is 1. The van der Waals surface area contributed by atoms with Crippen molar-refractivity contribution in [2.45, 2.75) is 20.6 Å². The van der Waals surface area contributed by atoms with Gasteiger partial charge in [-0.25, -0.2) is 9.13 Å². The first-order valence-corrected chi connectivity index (χ1v) is 6.48. The lowest BCUT2D eigenvalue weighted by Crippen LogP contribution is -3.00. The van der Waals surface area contributed by atoms with Crippen LogP contribution in [0.3, 0.4) is 0 Å². The predicted molar refractivity (Wildman–Crippen MR) is 68.5 cm³/mol. The predicted octanol–water partition coefficient (Wildman–Crippen LogP) is -1.48. The third-order valence-electron chi connectivity index (χ3n) is 2.38. The van der Waals surface area contributed by atoms with Gasteiger partial charge in [0.1, 0.15) is 12.4 Å². The lowest BCUT2D eigenvalue weighted by Gasteiger charge is -2.20. The molecule has 0 aromatic carbocycles. The van der Waals surface area contributed by atoms with Crippen LogP contribution in [0.15, 0.2) is 17.5 Å². The Bertz CT molecular complexity index is 394. The molecule has 0 aliphatic heterocycles. The summed E-state index contributed by atoms with van der Waals surface area (Å²) in [6.07, 6.45) is 5.16. The van der Waals surface area contributed by atoms with E-state index in [1.165, 1.54) is 6.21 Å². The third-order valence-corrected chi connectivity index (χ3v) is 3.90. The Balaban J connectivity index is 0.00000289. The van der Waals surface area contributed by atoms with Crippen LogP contribution >= 0.6 is 15.9 Å². The maximum absolute atomic E-state index is 8.58. The summed E-state index contributed by atoms with van der Waals surface area (Å²) in [5, 5.41) is 12.5. The molecule has 1 rings (SSSR count). The molecule has 0 amide bonds. The molecule has 0 aliphatic carbocycles. The average molecular weight is 341 g/mol. The number of hydrogen-bond donors (Lipinski definition) is 1. The highest BCUT2D eigenvalue weighted by Gasteiger charge is 2.18. The van der Waals surface area contributed by atoms with E-state index in [1.807, 2.05) is 28.6 Å². The van der Waals surface area contributed by atoms with Crippen LogP contribution in [0.2, 0.25) is 0 Å². The number of hydrogen-bond acceptors (Lipinski definition) is 3. The zero-order valence-electron chi connectivity index (χ0n) is 10.8. The zero-order valence-corrected chi connectivity index (χ0v) is 13.1. The number of nitrogens with zero attached hydrogens (tertiary/aromatic N) is 3. The number of aromatic nitrogens is 2. The van der Waals surface area contributed by atoms with Crippen molar-refractivity contribution in [2.24, 2.45) is 17.6 Å². The van der Waals surface area contributed by atoms with Gasteiger partial charge in [-0.15, -0.1) is 0 Å². The summed E-state index contributed by atoms with van der Waals surface area (Å²) in [5.74, 6) is 0.782. The third kappa shape index (κ3) is 4.96. The van der Waals surface area contributed by atoms with Crippen LogP contribution < -0.4 is 17.0 Å².